The number of hydrogen-bond donors (Lipinski definition) is 2. The third kappa shape index (κ3) is 4.85. The van der Waals surface area contributed by atoms with Crippen molar-refractivity contribution in [2.75, 3.05) is 6.54 Å². The van der Waals surface area contributed by atoms with Crippen LogP contribution in [0.4, 0.5) is 0 Å². The summed E-state index contributed by atoms with van der Waals surface area (Å²) in [5.41, 5.74) is 0.277. The van der Waals surface area contributed by atoms with Gasteiger partial charge in [-0.05, 0) is 62.9 Å². The van der Waals surface area contributed by atoms with E-state index >= 15 is 0 Å². The lowest BCUT2D eigenvalue weighted by atomic mass is 9.86. The van der Waals surface area contributed by atoms with Gasteiger partial charge in [0.2, 0.25) is 5.91 Å². The number of carbonyl (C=O) groups is 1. The zero-order chi connectivity index (χ0) is 17.0. The Morgan fingerprint density at radius 3 is 2.83 bits per heavy atom. The molecule has 1 heterocycles. The second kappa shape index (κ2) is 7.87. The molecular formula is C18H26Cl2N2O. The molecule has 3 nitrogen and oxygen atoms in total. The SMILES string of the molecule is CCC1CCCNC1CC(=O)NC(C)(C)c1cc(Cl)ccc1Cl. The van der Waals surface area contributed by atoms with Crippen LogP contribution in [-0.4, -0.2) is 18.5 Å². The molecule has 23 heavy (non-hydrogen) atoms. The van der Waals surface area contributed by atoms with E-state index in [0.29, 0.717) is 22.4 Å². The minimum atomic E-state index is -0.560. The van der Waals surface area contributed by atoms with Crippen LogP contribution in [-0.2, 0) is 10.3 Å². The van der Waals surface area contributed by atoms with Gasteiger partial charge in [-0.3, -0.25) is 4.79 Å². The van der Waals surface area contributed by atoms with Crippen LogP contribution in [0, 0.1) is 5.92 Å². The largest absolute Gasteiger partial charge is 0.347 e. The number of hydrogen-bond acceptors (Lipinski definition) is 2. The molecule has 2 atom stereocenters. The van der Waals surface area contributed by atoms with Crippen molar-refractivity contribution < 1.29 is 4.79 Å². The third-order valence-corrected chi connectivity index (χ3v) is 5.28. The summed E-state index contributed by atoms with van der Waals surface area (Å²) >= 11 is 12.4. The predicted octanol–water partition coefficient (Wildman–Crippen LogP) is 4.51. The monoisotopic (exact) mass is 356 g/mol. The maximum Gasteiger partial charge on any atom is 0.222 e. The number of halogens is 2. The van der Waals surface area contributed by atoms with E-state index in [0.717, 1.165) is 18.5 Å². The van der Waals surface area contributed by atoms with Crippen LogP contribution in [0.25, 0.3) is 0 Å². The molecule has 1 aromatic carbocycles. The number of amides is 1. The third-order valence-electron chi connectivity index (χ3n) is 4.71. The summed E-state index contributed by atoms with van der Waals surface area (Å²) in [6.07, 6.45) is 4.00. The molecule has 1 aliphatic heterocycles. The van der Waals surface area contributed by atoms with Crippen molar-refractivity contribution in [1.82, 2.24) is 10.6 Å². The average molecular weight is 357 g/mol. The summed E-state index contributed by atoms with van der Waals surface area (Å²) in [4.78, 5) is 12.5. The molecule has 0 aromatic heterocycles. The maximum atomic E-state index is 12.5. The fraction of sp³-hybridized carbons (Fsp3) is 0.611. The summed E-state index contributed by atoms with van der Waals surface area (Å²) in [7, 11) is 0. The van der Waals surface area contributed by atoms with Crippen LogP contribution in [0.2, 0.25) is 10.0 Å². The van der Waals surface area contributed by atoms with Gasteiger partial charge < -0.3 is 10.6 Å². The van der Waals surface area contributed by atoms with Gasteiger partial charge in [0, 0.05) is 22.5 Å². The molecule has 5 heteroatoms. The van der Waals surface area contributed by atoms with Gasteiger partial charge in [-0.2, -0.15) is 0 Å². The Balaban J connectivity index is 2.04. The lowest BCUT2D eigenvalue weighted by Crippen LogP contribution is -2.47. The fourth-order valence-electron chi connectivity index (χ4n) is 3.39. The predicted molar refractivity (Wildman–Crippen MR) is 97.1 cm³/mol. The highest BCUT2D eigenvalue weighted by Crippen LogP contribution is 2.30. The summed E-state index contributed by atoms with van der Waals surface area (Å²) < 4.78 is 0. The highest BCUT2D eigenvalue weighted by atomic mass is 35.5. The van der Waals surface area contributed by atoms with Crippen molar-refractivity contribution in [3.63, 3.8) is 0 Å². The molecule has 2 N–H and O–H groups in total. The molecule has 0 spiro atoms. The molecule has 0 bridgehead atoms. The quantitative estimate of drug-likeness (QED) is 0.814. The Morgan fingerprint density at radius 1 is 1.39 bits per heavy atom. The van der Waals surface area contributed by atoms with E-state index in [4.69, 9.17) is 23.2 Å². The van der Waals surface area contributed by atoms with Gasteiger partial charge in [-0.1, -0.05) is 36.5 Å². The highest BCUT2D eigenvalue weighted by Gasteiger charge is 2.29. The van der Waals surface area contributed by atoms with Gasteiger partial charge in [0.05, 0.1) is 5.54 Å². The standard InChI is InChI=1S/C18H26Cl2N2O/c1-4-12-6-5-9-21-16(12)11-17(23)22-18(2,3)14-10-13(19)7-8-15(14)20/h7-8,10,12,16,21H,4-6,9,11H2,1-3H3,(H,22,23). The zero-order valence-corrected chi connectivity index (χ0v) is 15.6. The summed E-state index contributed by atoms with van der Waals surface area (Å²) in [5, 5.41) is 7.83. The Bertz CT molecular complexity index is 560. The number of piperidine rings is 1. The molecule has 2 unspecified atom stereocenters. The number of rotatable bonds is 5. The molecule has 1 aliphatic rings. The number of nitrogens with one attached hydrogen (secondary N) is 2. The first-order valence-electron chi connectivity index (χ1n) is 8.33. The Hall–Kier alpha value is -0.770. The van der Waals surface area contributed by atoms with Crippen LogP contribution in [0.1, 0.15) is 52.0 Å². The van der Waals surface area contributed by atoms with E-state index in [2.05, 4.69) is 17.6 Å². The van der Waals surface area contributed by atoms with Crippen LogP contribution in [0.5, 0.6) is 0 Å². The first-order valence-corrected chi connectivity index (χ1v) is 9.09. The summed E-state index contributed by atoms with van der Waals surface area (Å²) in [6, 6.07) is 5.60. The van der Waals surface area contributed by atoms with E-state index in [9.17, 15) is 4.79 Å². The lowest BCUT2D eigenvalue weighted by molar-refractivity contribution is -0.123. The van der Waals surface area contributed by atoms with Gasteiger partial charge in [-0.25, -0.2) is 0 Å². The van der Waals surface area contributed by atoms with Gasteiger partial charge >= 0.3 is 0 Å². The Labute approximate surface area is 149 Å². The topological polar surface area (TPSA) is 41.1 Å². The molecule has 1 aromatic rings. The summed E-state index contributed by atoms with van der Waals surface area (Å²) in [5.74, 6) is 0.622. The van der Waals surface area contributed by atoms with Gasteiger partial charge in [0.1, 0.15) is 0 Å². The van der Waals surface area contributed by atoms with E-state index in [-0.39, 0.29) is 11.9 Å². The molecule has 1 amide bonds. The molecule has 1 fully saturated rings. The fourth-order valence-corrected chi connectivity index (χ4v) is 3.92. The Morgan fingerprint density at radius 2 is 2.13 bits per heavy atom. The van der Waals surface area contributed by atoms with Crippen LogP contribution >= 0.6 is 23.2 Å². The normalized spacial score (nSPS) is 22.0. The molecule has 1 saturated heterocycles. The molecule has 0 aliphatic carbocycles. The van der Waals surface area contributed by atoms with Crippen LogP contribution < -0.4 is 10.6 Å². The highest BCUT2D eigenvalue weighted by molar-refractivity contribution is 6.33. The first-order chi connectivity index (χ1) is 10.8. The van der Waals surface area contributed by atoms with E-state index in [1.54, 1.807) is 12.1 Å². The smallest absolute Gasteiger partial charge is 0.222 e. The lowest BCUT2D eigenvalue weighted by Gasteiger charge is -2.33. The van der Waals surface area contributed by atoms with Crippen LogP contribution in [0.3, 0.4) is 0 Å². The zero-order valence-electron chi connectivity index (χ0n) is 14.1. The minimum absolute atomic E-state index is 0.0453. The molecule has 2 rings (SSSR count). The minimum Gasteiger partial charge on any atom is -0.347 e. The molecule has 0 radical (unpaired) electrons. The molecular weight excluding hydrogens is 331 g/mol. The molecule has 128 valence electrons. The van der Waals surface area contributed by atoms with E-state index < -0.39 is 5.54 Å². The van der Waals surface area contributed by atoms with Crippen molar-refractivity contribution in [3.05, 3.63) is 33.8 Å². The van der Waals surface area contributed by atoms with Crippen molar-refractivity contribution in [2.24, 2.45) is 5.92 Å². The average Bonchev–Trinajstić information content (AvgIpc) is 2.49. The van der Waals surface area contributed by atoms with Gasteiger partial charge in [0.25, 0.3) is 0 Å². The second-order valence-corrected chi connectivity index (χ2v) is 7.72. The van der Waals surface area contributed by atoms with Crippen molar-refractivity contribution in [1.29, 1.82) is 0 Å². The first kappa shape index (κ1) is 18.6. The van der Waals surface area contributed by atoms with E-state index in [1.807, 2.05) is 19.9 Å². The van der Waals surface area contributed by atoms with Crippen molar-refractivity contribution >= 4 is 29.1 Å². The molecule has 0 saturated carbocycles. The van der Waals surface area contributed by atoms with Crippen LogP contribution in [0.15, 0.2) is 18.2 Å². The maximum absolute atomic E-state index is 12.5. The van der Waals surface area contributed by atoms with Gasteiger partial charge in [-0.15, -0.1) is 0 Å². The Kier molecular flexibility index (Phi) is 6.35. The van der Waals surface area contributed by atoms with Crippen molar-refractivity contribution in [3.8, 4) is 0 Å². The van der Waals surface area contributed by atoms with E-state index in [1.165, 1.54) is 12.8 Å². The second-order valence-electron chi connectivity index (χ2n) is 6.87. The van der Waals surface area contributed by atoms with Gasteiger partial charge in [0.15, 0.2) is 0 Å². The summed E-state index contributed by atoms with van der Waals surface area (Å²) in [6.45, 7) is 7.10. The number of carbonyl (C=O) groups excluding carboxylic acids is 1. The van der Waals surface area contributed by atoms with Crippen molar-refractivity contribution in [2.45, 2.75) is 58.0 Å². The number of benzene rings is 1.